The molecule has 1 aliphatic carbocycles. The van der Waals surface area contributed by atoms with Crippen molar-refractivity contribution in [3.8, 4) is 0 Å². The molecule has 1 unspecified atom stereocenters. The molecule has 2 nitrogen and oxygen atoms in total. The van der Waals surface area contributed by atoms with E-state index in [1.807, 2.05) is 0 Å². The third-order valence-electron chi connectivity index (χ3n) is 3.55. The molecular weight excluding hydrogens is 210 g/mol. The minimum absolute atomic E-state index is 0.386. The van der Waals surface area contributed by atoms with Crippen LogP contribution in [0.2, 0.25) is 0 Å². The number of likely N-dealkylation sites (tertiary alicyclic amines) is 1. The SMILES string of the molecule is O=C(CC1CC1)N1CCCC(CCCl)C1. The molecule has 0 radical (unpaired) electrons. The molecule has 0 aromatic carbocycles. The van der Waals surface area contributed by atoms with Gasteiger partial charge in [0.1, 0.15) is 0 Å². The highest BCUT2D eigenvalue weighted by Crippen LogP contribution is 2.33. The summed E-state index contributed by atoms with van der Waals surface area (Å²) in [6, 6.07) is 0. The van der Waals surface area contributed by atoms with Gasteiger partial charge in [-0.25, -0.2) is 0 Å². The van der Waals surface area contributed by atoms with Gasteiger partial charge in [0.15, 0.2) is 0 Å². The molecule has 1 amide bonds. The van der Waals surface area contributed by atoms with Crippen molar-refractivity contribution in [1.29, 1.82) is 0 Å². The Bertz CT molecular complexity index is 226. The molecule has 3 heteroatoms. The van der Waals surface area contributed by atoms with Crippen LogP contribution < -0.4 is 0 Å². The van der Waals surface area contributed by atoms with Crippen LogP contribution in [0.4, 0.5) is 0 Å². The molecule has 1 aliphatic heterocycles. The summed E-state index contributed by atoms with van der Waals surface area (Å²) in [7, 11) is 0. The number of halogens is 1. The van der Waals surface area contributed by atoms with E-state index in [2.05, 4.69) is 4.90 Å². The van der Waals surface area contributed by atoms with Gasteiger partial charge in [-0.15, -0.1) is 11.6 Å². The highest BCUT2D eigenvalue weighted by Gasteiger charge is 2.29. The topological polar surface area (TPSA) is 20.3 Å². The number of rotatable bonds is 4. The molecule has 2 fully saturated rings. The number of nitrogens with zero attached hydrogens (tertiary/aromatic N) is 1. The summed E-state index contributed by atoms with van der Waals surface area (Å²) in [4.78, 5) is 14.0. The molecule has 0 aromatic rings. The maximum absolute atomic E-state index is 11.9. The second-order valence-corrected chi connectivity index (χ2v) is 5.35. The van der Waals surface area contributed by atoms with E-state index in [1.165, 1.54) is 19.3 Å². The van der Waals surface area contributed by atoms with E-state index in [-0.39, 0.29) is 0 Å². The van der Waals surface area contributed by atoms with Crippen LogP contribution in [0.3, 0.4) is 0 Å². The van der Waals surface area contributed by atoms with Crippen molar-refractivity contribution in [2.45, 2.75) is 38.5 Å². The Morgan fingerprint density at radius 3 is 2.73 bits per heavy atom. The first-order valence-electron chi connectivity index (χ1n) is 6.13. The molecule has 0 N–H and O–H groups in total. The molecule has 15 heavy (non-hydrogen) atoms. The molecule has 1 saturated heterocycles. The molecule has 2 aliphatic rings. The number of carbonyl (C=O) groups excluding carboxylic acids is 1. The average molecular weight is 230 g/mol. The largest absolute Gasteiger partial charge is 0.342 e. The van der Waals surface area contributed by atoms with E-state index in [0.717, 1.165) is 38.2 Å². The van der Waals surface area contributed by atoms with Crippen molar-refractivity contribution in [3.63, 3.8) is 0 Å². The second kappa shape index (κ2) is 5.20. The minimum atomic E-state index is 0.386. The Kier molecular flexibility index (Phi) is 3.90. The molecule has 1 heterocycles. The normalized spacial score (nSPS) is 26.7. The quantitative estimate of drug-likeness (QED) is 0.679. The third-order valence-corrected chi connectivity index (χ3v) is 3.77. The van der Waals surface area contributed by atoms with Gasteiger partial charge >= 0.3 is 0 Å². The van der Waals surface area contributed by atoms with Gasteiger partial charge in [-0.3, -0.25) is 4.79 Å². The highest BCUT2D eigenvalue weighted by atomic mass is 35.5. The molecule has 2 rings (SSSR count). The van der Waals surface area contributed by atoms with Gasteiger partial charge in [0, 0.05) is 25.4 Å². The molecule has 0 aromatic heterocycles. The fraction of sp³-hybridized carbons (Fsp3) is 0.917. The lowest BCUT2D eigenvalue weighted by molar-refractivity contribution is -0.133. The number of carbonyl (C=O) groups is 1. The zero-order valence-corrected chi connectivity index (χ0v) is 10.0. The first-order chi connectivity index (χ1) is 7.29. The standard InChI is InChI=1S/C12H20ClNO/c13-6-5-11-2-1-7-14(9-11)12(15)8-10-3-4-10/h10-11H,1-9H2. The number of alkyl halides is 1. The van der Waals surface area contributed by atoms with Crippen molar-refractivity contribution in [1.82, 2.24) is 4.90 Å². The van der Waals surface area contributed by atoms with Crippen molar-refractivity contribution in [3.05, 3.63) is 0 Å². The van der Waals surface area contributed by atoms with Gasteiger partial charge in [-0.1, -0.05) is 0 Å². The molecular formula is C12H20ClNO. The fourth-order valence-corrected chi connectivity index (χ4v) is 2.69. The summed E-state index contributed by atoms with van der Waals surface area (Å²) in [5.74, 6) is 2.48. The van der Waals surface area contributed by atoms with Crippen LogP contribution in [0, 0.1) is 11.8 Å². The first kappa shape index (κ1) is 11.3. The third kappa shape index (κ3) is 3.37. The first-order valence-corrected chi connectivity index (χ1v) is 6.67. The lowest BCUT2D eigenvalue weighted by Crippen LogP contribution is -2.40. The number of hydrogen-bond donors (Lipinski definition) is 0. The lowest BCUT2D eigenvalue weighted by Gasteiger charge is -2.32. The lowest BCUT2D eigenvalue weighted by atomic mass is 9.95. The number of piperidine rings is 1. The van der Waals surface area contributed by atoms with Crippen LogP contribution in [-0.4, -0.2) is 29.8 Å². The van der Waals surface area contributed by atoms with E-state index in [0.29, 0.717) is 17.7 Å². The molecule has 86 valence electrons. The van der Waals surface area contributed by atoms with Gasteiger partial charge in [0.2, 0.25) is 5.91 Å². The van der Waals surface area contributed by atoms with Crippen LogP contribution in [0.25, 0.3) is 0 Å². The Morgan fingerprint density at radius 2 is 2.07 bits per heavy atom. The van der Waals surface area contributed by atoms with Crippen molar-refractivity contribution in [2.24, 2.45) is 11.8 Å². The summed E-state index contributed by atoms with van der Waals surface area (Å²) in [5, 5.41) is 0. The number of hydrogen-bond acceptors (Lipinski definition) is 1. The summed E-state index contributed by atoms with van der Waals surface area (Å²) in [6.07, 6.45) is 6.82. The molecule has 1 atom stereocenters. The van der Waals surface area contributed by atoms with E-state index >= 15 is 0 Å². The van der Waals surface area contributed by atoms with E-state index < -0.39 is 0 Å². The minimum Gasteiger partial charge on any atom is -0.342 e. The van der Waals surface area contributed by atoms with Gasteiger partial charge in [-0.2, -0.15) is 0 Å². The highest BCUT2D eigenvalue weighted by molar-refractivity contribution is 6.17. The van der Waals surface area contributed by atoms with Gasteiger partial charge < -0.3 is 4.90 Å². The Morgan fingerprint density at radius 1 is 1.27 bits per heavy atom. The van der Waals surface area contributed by atoms with Crippen molar-refractivity contribution in [2.75, 3.05) is 19.0 Å². The summed E-state index contributed by atoms with van der Waals surface area (Å²) in [5.41, 5.74) is 0. The molecule has 0 spiro atoms. The van der Waals surface area contributed by atoms with Gasteiger partial charge in [0.25, 0.3) is 0 Å². The summed E-state index contributed by atoms with van der Waals surface area (Å²) >= 11 is 5.75. The maximum Gasteiger partial charge on any atom is 0.222 e. The van der Waals surface area contributed by atoms with Crippen LogP contribution in [0.5, 0.6) is 0 Å². The van der Waals surface area contributed by atoms with Gasteiger partial charge in [0.05, 0.1) is 0 Å². The number of amides is 1. The molecule has 1 saturated carbocycles. The van der Waals surface area contributed by atoms with Crippen LogP contribution in [0.15, 0.2) is 0 Å². The van der Waals surface area contributed by atoms with Crippen LogP contribution >= 0.6 is 11.6 Å². The van der Waals surface area contributed by atoms with E-state index in [1.54, 1.807) is 0 Å². The monoisotopic (exact) mass is 229 g/mol. The smallest absolute Gasteiger partial charge is 0.222 e. The molecule has 0 bridgehead atoms. The van der Waals surface area contributed by atoms with Crippen molar-refractivity contribution >= 4 is 17.5 Å². The zero-order chi connectivity index (χ0) is 10.7. The Balaban J connectivity index is 1.77. The van der Waals surface area contributed by atoms with Crippen LogP contribution in [0.1, 0.15) is 38.5 Å². The van der Waals surface area contributed by atoms with Crippen molar-refractivity contribution < 1.29 is 4.79 Å². The van der Waals surface area contributed by atoms with E-state index in [9.17, 15) is 4.79 Å². The predicted octanol–water partition coefficient (Wildman–Crippen LogP) is 2.65. The van der Waals surface area contributed by atoms with E-state index in [4.69, 9.17) is 11.6 Å². The van der Waals surface area contributed by atoms with Gasteiger partial charge in [-0.05, 0) is 43.9 Å². The predicted molar refractivity (Wildman–Crippen MR) is 62.0 cm³/mol. The zero-order valence-electron chi connectivity index (χ0n) is 9.25. The summed E-state index contributed by atoms with van der Waals surface area (Å²) in [6.45, 7) is 1.93. The second-order valence-electron chi connectivity index (χ2n) is 4.97. The fourth-order valence-electron chi connectivity index (χ4n) is 2.38. The van der Waals surface area contributed by atoms with Crippen LogP contribution in [-0.2, 0) is 4.79 Å². The summed E-state index contributed by atoms with van der Waals surface area (Å²) < 4.78 is 0. The Labute approximate surface area is 97.0 Å². The average Bonchev–Trinajstić information content (AvgIpc) is 3.03. The maximum atomic E-state index is 11.9. The Hall–Kier alpha value is -0.240.